The molecule has 10 heteroatoms. The van der Waals surface area contributed by atoms with E-state index in [0.717, 1.165) is 4.90 Å². The molecular weight excluding hydrogens is 417 g/mol. The molecule has 2 aromatic rings. The Morgan fingerprint density at radius 3 is 2.52 bits per heavy atom. The van der Waals surface area contributed by atoms with E-state index in [1.54, 1.807) is 52.0 Å². The topological polar surface area (TPSA) is 81.9 Å². The van der Waals surface area contributed by atoms with Gasteiger partial charge in [0.15, 0.2) is 5.69 Å². The molecule has 0 unspecified atom stereocenters. The van der Waals surface area contributed by atoms with Crippen LogP contribution in [0, 0.1) is 0 Å². The van der Waals surface area contributed by atoms with Crippen molar-refractivity contribution in [1.82, 2.24) is 4.98 Å². The van der Waals surface area contributed by atoms with Gasteiger partial charge in [0.25, 0.3) is 0 Å². The van der Waals surface area contributed by atoms with E-state index < -0.39 is 35.5 Å². The summed E-state index contributed by atoms with van der Waals surface area (Å²) in [4.78, 5) is 28.4. The van der Waals surface area contributed by atoms with Crippen LogP contribution in [0.4, 0.5) is 24.0 Å². The minimum absolute atomic E-state index is 0.173. The van der Waals surface area contributed by atoms with E-state index in [1.165, 1.54) is 12.2 Å². The van der Waals surface area contributed by atoms with Crippen molar-refractivity contribution < 1.29 is 36.7 Å². The summed E-state index contributed by atoms with van der Waals surface area (Å²) in [6.07, 6.45) is -2.44. The number of carbonyl (C=O) groups is 2. The van der Waals surface area contributed by atoms with E-state index in [4.69, 9.17) is 13.9 Å². The first kappa shape index (κ1) is 24.0. The average Bonchev–Trinajstić information content (AvgIpc) is 3.14. The Balaban J connectivity index is 2.31. The number of benzene rings is 1. The normalized spacial score (nSPS) is 12.1. The van der Waals surface area contributed by atoms with Crippen LogP contribution < -0.4 is 4.90 Å². The SMILES string of the molecule is CCOC(=O)/C=C/c1cccc(CN(C(=O)OC(C)(C)C)c2nc(C(F)(F)F)co2)c1. The van der Waals surface area contributed by atoms with Gasteiger partial charge in [0.05, 0.1) is 13.2 Å². The number of amides is 1. The Hall–Kier alpha value is -3.30. The lowest BCUT2D eigenvalue weighted by Crippen LogP contribution is -2.36. The van der Waals surface area contributed by atoms with Gasteiger partial charge in [0.2, 0.25) is 0 Å². The van der Waals surface area contributed by atoms with E-state index >= 15 is 0 Å². The lowest BCUT2D eigenvalue weighted by molar-refractivity contribution is -0.141. The van der Waals surface area contributed by atoms with Gasteiger partial charge in [-0.25, -0.2) is 14.5 Å². The summed E-state index contributed by atoms with van der Waals surface area (Å²) >= 11 is 0. The number of aromatic nitrogens is 1. The molecule has 0 radical (unpaired) electrons. The number of oxazole rings is 1. The molecule has 0 atom stereocenters. The van der Waals surface area contributed by atoms with Crippen LogP contribution in [0.5, 0.6) is 0 Å². The van der Waals surface area contributed by atoms with Gasteiger partial charge in [-0.15, -0.1) is 0 Å². The van der Waals surface area contributed by atoms with Crippen LogP contribution in [-0.2, 0) is 27.0 Å². The Kier molecular flexibility index (Phi) is 7.48. The van der Waals surface area contributed by atoms with Gasteiger partial charge in [0, 0.05) is 6.08 Å². The second-order valence-electron chi connectivity index (χ2n) is 7.41. The fourth-order valence-corrected chi connectivity index (χ4v) is 2.38. The zero-order valence-electron chi connectivity index (χ0n) is 17.5. The highest BCUT2D eigenvalue weighted by atomic mass is 19.4. The first-order valence-electron chi connectivity index (χ1n) is 9.36. The van der Waals surface area contributed by atoms with Crippen LogP contribution >= 0.6 is 0 Å². The molecule has 0 N–H and O–H groups in total. The Morgan fingerprint density at radius 1 is 1.23 bits per heavy atom. The highest BCUT2D eigenvalue weighted by Gasteiger charge is 2.37. The summed E-state index contributed by atoms with van der Waals surface area (Å²) < 4.78 is 53.8. The number of nitrogens with zero attached hydrogens (tertiary/aromatic N) is 2. The molecule has 0 spiro atoms. The second-order valence-corrected chi connectivity index (χ2v) is 7.41. The predicted octanol–water partition coefficient (Wildman–Crippen LogP) is 5.21. The molecule has 0 saturated heterocycles. The molecule has 0 aliphatic rings. The van der Waals surface area contributed by atoms with Crippen LogP contribution in [0.1, 0.15) is 44.5 Å². The molecule has 1 heterocycles. The summed E-state index contributed by atoms with van der Waals surface area (Å²) in [6, 6.07) is 6.15. The van der Waals surface area contributed by atoms with Gasteiger partial charge in [0.1, 0.15) is 11.9 Å². The third-order valence-corrected chi connectivity index (χ3v) is 3.62. The highest BCUT2D eigenvalue weighted by Crippen LogP contribution is 2.31. The largest absolute Gasteiger partial charge is 0.463 e. The summed E-state index contributed by atoms with van der Waals surface area (Å²) in [7, 11) is 0. The number of anilines is 1. The molecule has 168 valence electrons. The maximum Gasteiger partial charge on any atom is 0.436 e. The first-order valence-corrected chi connectivity index (χ1v) is 9.36. The van der Waals surface area contributed by atoms with Crippen LogP contribution in [-0.4, -0.2) is 29.3 Å². The molecule has 1 aromatic carbocycles. The van der Waals surface area contributed by atoms with Gasteiger partial charge in [-0.3, -0.25) is 0 Å². The fourth-order valence-electron chi connectivity index (χ4n) is 2.38. The summed E-state index contributed by atoms with van der Waals surface area (Å²) in [5.74, 6) is -0.511. The van der Waals surface area contributed by atoms with Gasteiger partial charge in [-0.05, 0) is 51.0 Å². The lowest BCUT2D eigenvalue weighted by atomic mass is 10.1. The van der Waals surface area contributed by atoms with E-state index in [-0.39, 0.29) is 13.2 Å². The lowest BCUT2D eigenvalue weighted by Gasteiger charge is -2.25. The first-order chi connectivity index (χ1) is 14.4. The van der Waals surface area contributed by atoms with Crippen molar-refractivity contribution >= 4 is 24.2 Å². The number of halogens is 3. The number of carbonyl (C=O) groups excluding carboxylic acids is 2. The molecule has 0 aliphatic heterocycles. The second kappa shape index (κ2) is 9.67. The molecule has 0 aliphatic carbocycles. The predicted molar refractivity (Wildman–Crippen MR) is 106 cm³/mol. The Bertz CT molecular complexity index is 945. The number of ether oxygens (including phenoxy) is 2. The monoisotopic (exact) mass is 440 g/mol. The van der Waals surface area contributed by atoms with Crippen LogP contribution in [0.3, 0.4) is 0 Å². The van der Waals surface area contributed by atoms with Crippen molar-refractivity contribution in [3.63, 3.8) is 0 Å². The molecule has 1 aromatic heterocycles. The molecular formula is C21H23F3N2O5. The number of rotatable bonds is 6. The summed E-state index contributed by atoms with van der Waals surface area (Å²) in [5, 5.41) is 0. The van der Waals surface area contributed by atoms with Crippen molar-refractivity contribution in [3.8, 4) is 0 Å². The summed E-state index contributed by atoms with van der Waals surface area (Å²) in [5.41, 5.74) is -0.983. The van der Waals surface area contributed by atoms with Crippen LogP contribution in [0.2, 0.25) is 0 Å². The van der Waals surface area contributed by atoms with Crippen molar-refractivity contribution in [2.45, 2.75) is 46.0 Å². The van der Waals surface area contributed by atoms with Gasteiger partial charge >= 0.3 is 24.3 Å². The molecule has 1 amide bonds. The van der Waals surface area contributed by atoms with Crippen molar-refractivity contribution in [1.29, 1.82) is 0 Å². The Labute approximate surface area is 177 Å². The third-order valence-electron chi connectivity index (χ3n) is 3.62. The van der Waals surface area contributed by atoms with Crippen molar-refractivity contribution in [3.05, 3.63) is 53.4 Å². The van der Waals surface area contributed by atoms with Gasteiger partial charge in [-0.2, -0.15) is 18.2 Å². The number of hydrogen-bond acceptors (Lipinski definition) is 6. The number of hydrogen-bond donors (Lipinski definition) is 0. The quantitative estimate of drug-likeness (QED) is 0.453. The Morgan fingerprint density at radius 2 is 1.94 bits per heavy atom. The maximum absolute atomic E-state index is 12.9. The molecule has 0 bridgehead atoms. The van der Waals surface area contributed by atoms with E-state index in [2.05, 4.69) is 4.98 Å². The molecule has 31 heavy (non-hydrogen) atoms. The van der Waals surface area contributed by atoms with Crippen molar-refractivity contribution in [2.75, 3.05) is 11.5 Å². The zero-order valence-corrected chi connectivity index (χ0v) is 17.5. The van der Waals surface area contributed by atoms with Crippen LogP contribution in [0.25, 0.3) is 6.08 Å². The smallest absolute Gasteiger partial charge is 0.436 e. The highest BCUT2D eigenvalue weighted by molar-refractivity contribution is 5.87. The average molecular weight is 440 g/mol. The van der Waals surface area contributed by atoms with Crippen LogP contribution in [0.15, 0.2) is 41.0 Å². The van der Waals surface area contributed by atoms with Crippen molar-refractivity contribution in [2.24, 2.45) is 0 Å². The van der Waals surface area contributed by atoms with E-state index in [0.29, 0.717) is 17.4 Å². The molecule has 0 fully saturated rings. The maximum atomic E-state index is 12.9. The molecule has 7 nitrogen and oxygen atoms in total. The van der Waals surface area contributed by atoms with Gasteiger partial charge < -0.3 is 13.9 Å². The molecule has 2 rings (SSSR count). The standard InChI is InChI=1S/C21H23F3N2O5/c1-5-29-17(27)10-9-14-7-6-8-15(11-14)12-26(19(28)31-20(2,3)4)18-25-16(13-30-18)21(22,23)24/h6-11,13H,5,12H2,1-4H3/b10-9+. The van der Waals surface area contributed by atoms with E-state index in [1.807, 2.05) is 0 Å². The number of esters is 1. The van der Waals surface area contributed by atoms with E-state index in [9.17, 15) is 22.8 Å². The van der Waals surface area contributed by atoms with Gasteiger partial charge in [-0.1, -0.05) is 18.2 Å². The third kappa shape index (κ3) is 7.47. The minimum Gasteiger partial charge on any atom is -0.463 e. The number of alkyl halides is 3. The minimum atomic E-state index is -4.72. The zero-order chi connectivity index (χ0) is 23.2. The fraction of sp³-hybridized carbons (Fsp3) is 0.381. The molecule has 0 saturated carbocycles. The summed E-state index contributed by atoms with van der Waals surface area (Å²) in [6.45, 7) is 6.63.